The van der Waals surface area contributed by atoms with E-state index < -0.39 is 10.0 Å². The molecule has 0 saturated heterocycles. The molecular weight excluding hydrogens is 292 g/mol. The molecule has 0 aliphatic heterocycles. The van der Waals surface area contributed by atoms with Gasteiger partial charge >= 0.3 is 0 Å². The monoisotopic (exact) mass is 322 g/mol. The molecule has 126 valence electrons. The fraction of sp³-hybridized carbons (Fsp3) is 0.923. The number of hydrogen-bond donors (Lipinski definition) is 2. The highest BCUT2D eigenvalue weighted by Gasteiger charge is 2.18. The first-order chi connectivity index (χ1) is 10.0. The maximum atomic E-state index is 12.0. The summed E-state index contributed by atoms with van der Waals surface area (Å²) in [5, 5.41) is 6.14. The number of aliphatic imine (C=N–C) groups is 1. The van der Waals surface area contributed by atoms with Gasteiger partial charge in [-0.2, -0.15) is 0 Å². The first kappa shape index (κ1) is 20.1. The van der Waals surface area contributed by atoms with Crippen molar-refractivity contribution < 1.29 is 13.2 Å². The van der Waals surface area contributed by atoms with Crippen LogP contribution in [0.5, 0.6) is 0 Å². The normalized spacial score (nSPS) is 12.7. The Labute approximate surface area is 129 Å². The maximum Gasteiger partial charge on any atom is 0.215 e. The van der Waals surface area contributed by atoms with Crippen molar-refractivity contribution in [2.45, 2.75) is 27.2 Å². The SMILES string of the molecule is CCNC(=NCCCOC)NCCS(=O)(=O)N(CC)CC. The number of guanidine groups is 1. The lowest BCUT2D eigenvalue weighted by atomic mass is 10.5. The average molecular weight is 322 g/mol. The van der Waals surface area contributed by atoms with Crippen LogP contribution in [-0.4, -0.2) is 70.9 Å². The number of sulfonamides is 1. The standard InChI is InChI=1S/C13H30N4O3S/c1-5-14-13(15-9-8-11-20-4)16-10-12-21(18,19)17(6-2)7-3/h5-12H2,1-4H3,(H2,14,15,16). The van der Waals surface area contributed by atoms with Gasteiger partial charge in [0, 0.05) is 46.4 Å². The summed E-state index contributed by atoms with van der Waals surface area (Å²) in [7, 11) is -1.54. The van der Waals surface area contributed by atoms with Gasteiger partial charge in [-0.15, -0.1) is 0 Å². The van der Waals surface area contributed by atoms with E-state index in [2.05, 4.69) is 15.6 Å². The van der Waals surface area contributed by atoms with Crippen molar-refractivity contribution in [3.63, 3.8) is 0 Å². The van der Waals surface area contributed by atoms with E-state index in [-0.39, 0.29) is 5.75 Å². The largest absolute Gasteiger partial charge is 0.385 e. The molecular formula is C13H30N4O3S. The van der Waals surface area contributed by atoms with E-state index in [9.17, 15) is 8.42 Å². The van der Waals surface area contributed by atoms with Crippen molar-refractivity contribution in [2.24, 2.45) is 4.99 Å². The van der Waals surface area contributed by atoms with Crippen molar-refractivity contribution >= 4 is 16.0 Å². The Hall–Kier alpha value is -0.860. The van der Waals surface area contributed by atoms with Crippen molar-refractivity contribution in [2.75, 3.05) is 52.2 Å². The second-order valence-corrected chi connectivity index (χ2v) is 6.52. The van der Waals surface area contributed by atoms with E-state index in [1.807, 2.05) is 20.8 Å². The zero-order valence-corrected chi connectivity index (χ0v) is 14.5. The molecule has 0 fully saturated rings. The molecule has 0 aliphatic rings. The van der Waals surface area contributed by atoms with Crippen molar-refractivity contribution in [3.8, 4) is 0 Å². The predicted molar refractivity (Wildman–Crippen MR) is 87.2 cm³/mol. The Bertz CT molecular complexity index is 381. The van der Waals surface area contributed by atoms with Gasteiger partial charge in [0.1, 0.15) is 0 Å². The van der Waals surface area contributed by atoms with Crippen LogP contribution >= 0.6 is 0 Å². The summed E-state index contributed by atoms with van der Waals surface area (Å²) in [6.07, 6.45) is 0.838. The van der Waals surface area contributed by atoms with Crippen LogP contribution in [0.4, 0.5) is 0 Å². The first-order valence-corrected chi connectivity index (χ1v) is 9.11. The van der Waals surface area contributed by atoms with Gasteiger partial charge in [-0.25, -0.2) is 12.7 Å². The van der Waals surface area contributed by atoms with Crippen LogP contribution in [0.25, 0.3) is 0 Å². The summed E-state index contributed by atoms with van der Waals surface area (Å²) in [6.45, 7) is 9.05. The lowest BCUT2D eigenvalue weighted by Crippen LogP contribution is -2.42. The molecule has 0 heterocycles. The molecule has 21 heavy (non-hydrogen) atoms. The van der Waals surface area contributed by atoms with Gasteiger partial charge in [-0.1, -0.05) is 13.8 Å². The summed E-state index contributed by atoms with van der Waals surface area (Å²) >= 11 is 0. The van der Waals surface area contributed by atoms with Crippen LogP contribution in [-0.2, 0) is 14.8 Å². The molecule has 0 aromatic carbocycles. The van der Waals surface area contributed by atoms with E-state index in [0.717, 1.165) is 13.0 Å². The van der Waals surface area contributed by atoms with Crippen LogP contribution in [0.2, 0.25) is 0 Å². The van der Waals surface area contributed by atoms with E-state index in [1.54, 1.807) is 7.11 Å². The molecule has 0 radical (unpaired) electrons. The minimum Gasteiger partial charge on any atom is -0.385 e. The van der Waals surface area contributed by atoms with Crippen molar-refractivity contribution in [1.82, 2.24) is 14.9 Å². The third kappa shape index (κ3) is 8.90. The molecule has 0 bridgehead atoms. The molecule has 0 unspecified atom stereocenters. The Morgan fingerprint density at radius 3 is 2.38 bits per heavy atom. The van der Waals surface area contributed by atoms with Crippen LogP contribution in [0.3, 0.4) is 0 Å². The molecule has 0 amide bonds. The molecule has 0 saturated carbocycles. The number of rotatable bonds is 11. The van der Waals surface area contributed by atoms with Crippen molar-refractivity contribution in [1.29, 1.82) is 0 Å². The third-order valence-corrected chi connectivity index (χ3v) is 4.90. The number of methoxy groups -OCH3 is 1. The van der Waals surface area contributed by atoms with Crippen LogP contribution in [0.15, 0.2) is 4.99 Å². The fourth-order valence-corrected chi connectivity index (χ4v) is 3.19. The molecule has 0 rings (SSSR count). The van der Waals surface area contributed by atoms with E-state index in [1.165, 1.54) is 4.31 Å². The number of hydrogen-bond acceptors (Lipinski definition) is 4. The molecule has 0 aromatic rings. The summed E-state index contributed by atoms with van der Waals surface area (Å²) in [5.74, 6) is 0.709. The average Bonchev–Trinajstić information content (AvgIpc) is 2.44. The molecule has 0 aliphatic carbocycles. The minimum absolute atomic E-state index is 0.0666. The molecule has 8 heteroatoms. The summed E-state index contributed by atoms with van der Waals surface area (Å²) < 4.78 is 30.5. The second-order valence-electron chi connectivity index (χ2n) is 4.43. The number of nitrogens with zero attached hydrogens (tertiary/aromatic N) is 2. The van der Waals surface area contributed by atoms with Gasteiger partial charge in [0.05, 0.1) is 5.75 Å². The van der Waals surface area contributed by atoms with Gasteiger partial charge in [0.2, 0.25) is 10.0 Å². The lowest BCUT2D eigenvalue weighted by Gasteiger charge is -2.19. The van der Waals surface area contributed by atoms with E-state index >= 15 is 0 Å². The van der Waals surface area contributed by atoms with Gasteiger partial charge in [0.15, 0.2) is 5.96 Å². The quantitative estimate of drug-likeness (QED) is 0.324. The van der Waals surface area contributed by atoms with Gasteiger partial charge in [-0.3, -0.25) is 4.99 Å². The first-order valence-electron chi connectivity index (χ1n) is 7.50. The van der Waals surface area contributed by atoms with Gasteiger partial charge in [0.25, 0.3) is 0 Å². The number of nitrogens with one attached hydrogen (secondary N) is 2. The number of ether oxygens (including phenoxy) is 1. The third-order valence-electron chi connectivity index (χ3n) is 2.87. The zero-order valence-electron chi connectivity index (χ0n) is 13.7. The highest BCUT2D eigenvalue weighted by Crippen LogP contribution is 1.99. The summed E-state index contributed by atoms with van der Waals surface area (Å²) in [5.41, 5.74) is 0. The summed E-state index contributed by atoms with van der Waals surface area (Å²) in [4.78, 5) is 4.36. The van der Waals surface area contributed by atoms with Crippen molar-refractivity contribution in [3.05, 3.63) is 0 Å². The smallest absolute Gasteiger partial charge is 0.215 e. The summed E-state index contributed by atoms with van der Waals surface area (Å²) in [6, 6.07) is 0. The predicted octanol–water partition coefficient (Wildman–Crippen LogP) is 0.250. The zero-order chi connectivity index (χ0) is 16.1. The van der Waals surface area contributed by atoms with Crippen LogP contribution < -0.4 is 10.6 Å². The highest BCUT2D eigenvalue weighted by molar-refractivity contribution is 7.89. The van der Waals surface area contributed by atoms with E-state index in [4.69, 9.17) is 4.74 Å². The molecule has 7 nitrogen and oxygen atoms in total. The fourth-order valence-electron chi connectivity index (χ4n) is 1.79. The lowest BCUT2D eigenvalue weighted by molar-refractivity contribution is 0.197. The molecule has 0 atom stereocenters. The second kappa shape index (κ2) is 11.8. The topological polar surface area (TPSA) is 83.0 Å². The van der Waals surface area contributed by atoms with E-state index in [0.29, 0.717) is 38.7 Å². The van der Waals surface area contributed by atoms with Gasteiger partial charge < -0.3 is 15.4 Å². The highest BCUT2D eigenvalue weighted by atomic mass is 32.2. The molecule has 0 aromatic heterocycles. The Balaban J connectivity index is 4.30. The Morgan fingerprint density at radius 1 is 1.19 bits per heavy atom. The molecule has 0 spiro atoms. The minimum atomic E-state index is -3.19. The van der Waals surface area contributed by atoms with Crippen LogP contribution in [0.1, 0.15) is 27.2 Å². The Morgan fingerprint density at radius 2 is 1.86 bits per heavy atom. The molecule has 2 N–H and O–H groups in total. The van der Waals surface area contributed by atoms with Crippen LogP contribution in [0, 0.1) is 0 Å². The maximum absolute atomic E-state index is 12.0. The van der Waals surface area contributed by atoms with Gasteiger partial charge in [-0.05, 0) is 13.3 Å². The Kier molecular flexibility index (Phi) is 11.3.